The highest BCUT2D eigenvalue weighted by Gasteiger charge is 2.19. The minimum Gasteiger partial charge on any atom is -0.365 e. The lowest BCUT2D eigenvalue weighted by Crippen LogP contribution is -2.38. The summed E-state index contributed by atoms with van der Waals surface area (Å²) in [5.41, 5.74) is 4.82. The van der Waals surface area contributed by atoms with Crippen molar-refractivity contribution < 1.29 is 19.0 Å². The highest BCUT2D eigenvalue weighted by molar-refractivity contribution is 5.77. The van der Waals surface area contributed by atoms with Crippen molar-refractivity contribution in [3.63, 3.8) is 0 Å². The van der Waals surface area contributed by atoms with Gasteiger partial charge < -0.3 is 19.9 Å². The van der Waals surface area contributed by atoms with Crippen molar-refractivity contribution in [2.45, 2.75) is 6.29 Å². The van der Waals surface area contributed by atoms with E-state index in [0.29, 0.717) is 0 Å². The lowest BCUT2D eigenvalue weighted by Gasteiger charge is -2.19. The maximum Gasteiger partial charge on any atom is 0.274 e. The molecule has 1 saturated heterocycles. The zero-order chi connectivity index (χ0) is 6.69. The Morgan fingerprint density at radius 3 is 2.33 bits per heavy atom. The molecule has 52 valence electrons. The average Bonchev–Trinajstić information content (AvgIpc) is 1.90. The number of hydrogen-bond acceptors (Lipinski definition) is 4. The van der Waals surface area contributed by atoms with E-state index in [9.17, 15) is 4.79 Å². The molecule has 1 aliphatic rings. The van der Waals surface area contributed by atoms with Crippen LogP contribution >= 0.6 is 0 Å². The molecule has 0 bridgehead atoms. The Balaban J connectivity index is 2.31. The van der Waals surface area contributed by atoms with Crippen molar-refractivity contribution in [1.82, 2.24) is 0 Å². The summed E-state index contributed by atoms with van der Waals surface area (Å²) in [6.45, 7) is 0.126. The van der Waals surface area contributed by atoms with Crippen LogP contribution in [0.25, 0.3) is 0 Å². The molecular formula is C4H7NO4. The van der Waals surface area contributed by atoms with Crippen molar-refractivity contribution in [2.75, 3.05) is 13.6 Å². The maximum atomic E-state index is 10.3. The maximum absolute atomic E-state index is 10.3. The van der Waals surface area contributed by atoms with Crippen molar-refractivity contribution >= 4 is 5.91 Å². The summed E-state index contributed by atoms with van der Waals surface area (Å²) in [7, 11) is 0. The Labute approximate surface area is 51.7 Å². The van der Waals surface area contributed by atoms with Crippen LogP contribution in [-0.2, 0) is 19.0 Å². The molecule has 0 aromatic rings. The highest BCUT2D eigenvalue weighted by atomic mass is 16.8. The fourth-order valence-electron chi connectivity index (χ4n) is 0.466. The molecule has 0 saturated carbocycles. The van der Waals surface area contributed by atoms with Gasteiger partial charge >= 0.3 is 0 Å². The van der Waals surface area contributed by atoms with E-state index in [0.717, 1.165) is 0 Å². The smallest absolute Gasteiger partial charge is 0.274 e. The average molecular weight is 133 g/mol. The van der Waals surface area contributed by atoms with Gasteiger partial charge in [-0.25, -0.2) is 0 Å². The Bertz CT molecular complexity index is 109. The van der Waals surface area contributed by atoms with Crippen LogP contribution in [0.4, 0.5) is 0 Å². The fourth-order valence-corrected chi connectivity index (χ4v) is 0.466. The van der Waals surface area contributed by atoms with Gasteiger partial charge in [0.2, 0.25) is 6.29 Å². The van der Waals surface area contributed by atoms with Crippen LogP contribution in [0.3, 0.4) is 0 Å². The van der Waals surface area contributed by atoms with Gasteiger partial charge in [0.1, 0.15) is 0 Å². The van der Waals surface area contributed by atoms with Crippen LogP contribution < -0.4 is 5.73 Å². The SMILES string of the molecule is NC(=O)C1OCOCO1. The second-order valence-electron chi connectivity index (χ2n) is 1.51. The largest absolute Gasteiger partial charge is 0.365 e. The first-order valence-corrected chi connectivity index (χ1v) is 2.41. The molecule has 1 aliphatic heterocycles. The number of ether oxygens (including phenoxy) is 3. The van der Waals surface area contributed by atoms with Crippen molar-refractivity contribution in [3.8, 4) is 0 Å². The van der Waals surface area contributed by atoms with Crippen molar-refractivity contribution in [1.29, 1.82) is 0 Å². The van der Waals surface area contributed by atoms with E-state index in [1.807, 2.05) is 0 Å². The molecule has 2 N–H and O–H groups in total. The standard InChI is InChI=1S/C4H7NO4/c5-3(6)4-8-1-7-2-9-4/h4H,1-2H2,(H2,5,6). The molecule has 1 rings (SSSR count). The Morgan fingerprint density at radius 2 is 2.00 bits per heavy atom. The topological polar surface area (TPSA) is 70.8 Å². The van der Waals surface area contributed by atoms with Crippen molar-refractivity contribution in [2.24, 2.45) is 5.73 Å². The summed E-state index contributed by atoms with van der Waals surface area (Å²) in [6.07, 6.45) is -0.932. The summed E-state index contributed by atoms with van der Waals surface area (Å²) in [5, 5.41) is 0. The Kier molecular flexibility index (Phi) is 1.99. The molecule has 0 aromatic heterocycles. The summed E-state index contributed by atoms with van der Waals surface area (Å²) in [6, 6.07) is 0. The van der Waals surface area contributed by atoms with Crippen molar-refractivity contribution in [3.05, 3.63) is 0 Å². The quantitative estimate of drug-likeness (QED) is 0.486. The van der Waals surface area contributed by atoms with Crippen LogP contribution in [0.1, 0.15) is 0 Å². The first kappa shape index (κ1) is 6.47. The summed E-state index contributed by atoms with van der Waals surface area (Å²) >= 11 is 0. The van der Waals surface area contributed by atoms with E-state index >= 15 is 0 Å². The molecule has 0 spiro atoms. The van der Waals surface area contributed by atoms with Crippen LogP contribution in [0.5, 0.6) is 0 Å². The van der Waals surface area contributed by atoms with Gasteiger partial charge in [-0.3, -0.25) is 4.79 Å². The third-order valence-electron chi connectivity index (χ3n) is 0.838. The lowest BCUT2D eigenvalue weighted by atomic mass is 10.6. The number of amides is 1. The minimum atomic E-state index is -0.932. The first-order chi connectivity index (χ1) is 4.30. The number of primary amides is 1. The van der Waals surface area contributed by atoms with Gasteiger partial charge in [-0.2, -0.15) is 0 Å². The number of nitrogens with two attached hydrogens (primary N) is 1. The number of hydrogen-bond donors (Lipinski definition) is 1. The molecule has 0 unspecified atom stereocenters. The van der Waals surface area contributed by atoms with Crippen LogP contribution in [-0.4, -0.2) is 25.8 Å². The molecular weight excluding hydrogens is 126 g/mol. The predicted octanol–water partition coefficient (Wildman–Crippen LogP) is -1.22. The van der Waals surface area contributed by atoms with Crippen LogP contribution in [0.2, 0.25) is 0 Å². The van der Waals surface area contributed by atoms with Gasteiger partial charge in [0.25, 0.3) is 5.91 Å². The highest BCUT2D eigenvalue weighted by Crippen LogP contribution is 2.00. The summed E-state index contributed by atoms with van der Waals surface area (Å²) < 4.78 is 13.8. The van der Waals surface area contributed by atoms with E-state index in [1.165, 1.54) is 0 Å². The number of carbonyl (C=O) groups is 1. The van der Waals surface area contributed by atoms with Gasteiger partial charge in [-0.1, -0.05) is 0 Å². The molecule has 0 radical (unpaired) electrons. The fraction of sp³-hybridized carbons (Fsp3) is 0.750. The van der Waals surface area contributed by atoms with Crippen LogP contribution in [0, 0.1) is 0 Å². The van der Waals surface area contributed by atoms with Gasteiger partial charge in [0, 0.05) is 0 Å². The molecule has 9 heavy (non-hydrogen) atoms. The van der Waals surface area contributed by atoms with Crippen LogP contribution in [0.15, 0.2) is 0 Å². The lowest BCUT2D eigenvalue weighted by molar-refractivity contribution is -0.286. The van der Waals surface area contributed by atoms with Gasteiger partial charge in [0.05, 0.1) is 0 Å². The minimum absolute atomic E-state index is 0.0631. The molecule has 5 nitrogen and oxygen atoms in total. The molecule has 1 amide bonds. The molecule has 1 heterocycles. The Morgan fingerprint density at radius 1 is 1.44 bits per heavy atom. The summed E-state index contributed by atoms with van der Waals surface area (Å²) in [5.74, 6) is -0.627. The van der Waals surface area contributed by atoms with Gasteiger partial charge in [-0.15, -0.1) is 0 Å². The monoisotopic (exact) mass is 133 g/mol. The van der Waals surface area contributed by atoms with E-state index in [1.54, 1.807) is 0 Å². The summed E-state index contributed by atoms with van der Waals surface area (Å²) in [4.78, 5) is 10.3. The van der Waals surface area contributed by atoms with Gasteiger partial charge in [-0.05, 0) is 0 Å². The predicted molar refractivity (Wildman–Crippen MR) is 26.0 cm³/mol. The molecule has 1 fully saturated rings. The Hall–Kier alpha value is -0.650. The van der Waals surface area contributed by atoms with E-state index in [2.05, 4.69) is 14.2 Å². The van der Waals surface area contributed by atoms with E-state index < -0.39 is 12.2 Å². The normalized spacial score (nSPS) is 21.8. The first-order valence-electron chi connectivity index (χ1n) is 2.41. The van der Waals surface area contributed by atoms with E-state index in [4.69, 9.17) is 5.73 Å². The third kappa shape index (κ3) is 1.63. The second kappa shape index (κ2) is 2.77. The molecule has 0 aliphatic carbocycles. The number of carbonyl (C=O) groups excluding carboxylic acids is 1. The third-order valence-corrected chi connectivity index (χ3v) is 0.838. The zero-order valence-electron chi connectivity index (χ0n) is 4.70. The number of rotatable bonds is 1. The molecule has 0 atom stereocenters. The molecule has 5 heteroatoms. The van der Waals surface area contributed by atoms with E-state index in [-0.39, 0.29) is 13.6 Å². The zero-order valence-corrected chi connectivity index (χ0v) is 4.70. The molecule has 0 aromatic carbocycles. The second-order valence-corrected chi connectivity index (χ2v) is 1.51. The van der Waals surface area contributed by atoms with Gasteiger partial charge in [0.15, 0.2) is 13.6 Å².